The van der Waals surface area contributed by atoms with Crippen LogP contribution in [-0.4, -0.2) is 18.3 Å². The van der Waals surface area contributed by atoms with Gasteiger partial charge >= 0.3 is 0 Å². The van der Waals surface area contributed by atoms with Gasteiger partial charge in [0.05, 0.1) is 50.4 Å². The molecule has 13 aromatic rings. The van der Waals surface area contributed by atoms with Crippen LogP contribution in [0, 0.1) is 27.7 Å². The Hall–Kier alpha value is -9.92. The minimum atomic E-state index is -0.900. The van der Waals surface area contributed by atoms with Gasteiger partial charge in [-0.25, -0.2) is 18.3 Å². The van der Waals surface area contributed by atoms with E-state index in [0.29, 0.717) is 29.6 Å². The van der Waals surface area contributed by atoms with Gasteiger partial charge in [-0.15, -0.1) is 0 Å². The van der Waals surface area contributed by atoms with Crippen LogP contribution in [0.5, 0.6) is 0 Å². The first-order chi connectivity index (χ1) is 50.5. The minimum Gasteiger partial charge on any atom is -0.232 e. The van der Waals surface area contributed by atoms with Crippen molar-refractivity contribution in [2.24, 2.45) is 28.2 Å². The minimum absolute atomic E-state index is 0. The van der Waals surface area contributed by atoms with Gasteiger partial charge in [0.25, 0.3) is 23.3 Å². The molecule has 546 valence electrons. The number of hydrogen-bond acceptors (Lipinski definition) is 0. The number of hydrogen-bond donors (Lipinski definition) is 0. The van der Waals surface area contributed by atoms with Crippen LogP contribution in [0.2, 0.25) is 0 Å². The van der Waals surface area contributed by atoms with Gasteiger partial charge in [-0.1, -0.05) is 264 Å². The molecule has 0 bridgehead atoms. The highest BCUT2D eigenvalue weighted by molar-refractivity contribution is 5.80. The zero-order chi connectivity index (χ0) is 77.9. The summed E-state index contributed by atoms with van der Waals surface area (Å²) in [6, 6.07) is 68.9. The number of imidazole rings is 4. The molecular weight excluding hydrogens is 1280 g/mol. The molecule has 0 saturated carbocycles. The molecule has 0 amide bonds. The van der Waals surface area contributed by atoms with Gasteiger partial charge in [0.2, 0.25) is 0 Å². The molecule has 0 fully saturated rings. The number of benzene rings is 9. The molecule has 13 rings (SSSR count). The van der Waals surface area contributed by atoms with Crippen LogP contribution < -0.4 is 18.3 Å². The summed E-state index contributed by atoms with van der Waals surface area (Å²) in [7, 11) is 8.44. The molecule has 0 unspecified atom stereocenters. The van der Waals surface area contributed by atoms with Crippen LogP contribution in [0.25, 0.3) is 79.3 Å². The highest BCUT2D eigenvalue weighted by Gasteiger charge is 2.32. The Morgan fingerprint density at radius 3 is 0.962 bits per heavy atom. The van der Waals surface area contributed by atoms with Crippen LogP contribution in [0.4, 0.5) is 0 Å². The number of para-hydroxylation sites is 4. The molecule has 105 heavy (non-hydrogen) atoms. The van der Waals surface area contributed by atoms with Gasteiger partial charge in [0.15, 0.2) is 11.0 Å². The molecule has 0 spiro atoms. The summed E-state index contributed by atoms with van der Waals surface area (Å²) < 4.78 is 44.6. The lowest BCUT2D eigenvalue weighted by Gasteiger charge is -2.21. The number of fused-ring (bicyclic) bond motifs is 1. The van der Waals surface area contributed by atoms with E-state index in [1.54, 1.807) is 0 Å². The molecule has 4 heterocycles. The van der Waals surface area contributed by atoms with E-state index in [1.165, 1.54) is 112 Å². The molecule has 0 saturated heterocycles. The zero-order valence-electron chi connectivity index (χ0n) is 69.9. The highest BCUT2D eigenvalue weighted by atomic mass is 15.2. The van der Waals surface area contributed by atoms with E-state index in [4.69, 9.17) is 4.11 Å². The molecule has 0 aliphatic rings. The Labute approximate surface area is 635 Å². The van der Waals surface area contributed by atoms with E-state index in [9.17, 15) is 0 Å². The number of nitrogens with zero attached hydrogens (tertiary/aromatic N) is 8. The fourth-order valence-corrected chi connectivity index (χ4v) is 14.6. The van der Waals surface area contributed by atoms with Crippen molar-refractivity contribution >= 4 is 11.0 Å². The Bertz CT molecular complexity index is 5170. The summed E-state index contributed by atoms with van der Waals surface area (Å²) >= 11 is 0. The fraction of sp³-hybridized carbons (Fsp3) is 0.340. The first-order valence-corrected chi connectivity index (χ1v) is 37.5. The monoisotopic (exact) mass is 1400 g/mol. The van der Waals surface area contributed by atoms with E-state index in [0.717, 1.165) is 33.8 Å². The second kappa shape index (κ2) is 34.3. The maximum atomic E-state index is 8.95. The molecule has 4 aromatic heterocycles. The maximum absolute atomic E-state index is 8.95. The van der Waals surface area contributed by atoms with Gasteiger partial charge in [-0.05, 0) is 157 Å². The fourth-order valence-electron chi connectivity index (χ4n) is 14.6. The third-order valence-electron chi connectivity index (χ3n) is 20.5. The molecule has 0 N–H and O–H groups in total. The molecule has 0 aliphatic carbocycles. The largest absolute Gasteiger partial charge is 0.295 e. The normalized spacial score (nSPS) is 12.2. The molecule has 8 nitrogen and oxygen atoms in total. The van der Waals surface area contributed by atoms with Gasteiger partial charge < -0.3 is 0 Å². The summed E-state index contributed by atoms with van der Waals surface area (Å²) in [6.45, 7) is 42.8. The van der Waals surface area contributed by atoms with Crippen molar-refractivity contribution in [3.05, 3.63) is 298 Å². The molecule has 0 atom stereocenters. The topological polar surface area (TPSA) is 35.2 Å². The van der Waals surface area contributed by atoms with Crippen LogP contribution in [0.15, 0.2) is 231 Å². The zero-order valence-corrected chi connectivity index (χ0v) is 66.9. The summed E-state index contributed by atoms with van der Waals surface area (Å²) in [6.07, 6.45) is 12.8. The van der Waals surface area contributed by atoms with Crippen molar-refractivity contribution in [3.63, 3.8) is 0 Å². The van der Waals surface area contributed by atoms with Crippen LogP contribution in [-0.2, 0) is 28.2 Å². The van der Waals surface area contributed by atoms with E-state index in [-0.39, 0.29) is 7.43 Å². The Kier molecular flexibility index (Phi) is 24.5. The van der Waals surface area contributed by atoms with Crippen molar-refractivity contribution in [3.8, 4) is 68.3 Å². The van der Waals surface area contributed by atoms with Crippen LogP contribution in [0.1, 0.15) is 236 Å². The maximum Gasteiger partial charge on any atom is 0.295 e. The standard InChI is InChI=1S/2C26H35N2.C23H29N2.C21H19N2.CH4/c2*1-17(2)21-15-23(18(3)4)25(24(16-21)19(5)6)28-14-13-27(8)26(28)22-12-10-9-11-20(22)7;1-16(2)19-12-9-13-20(17(3)4)22(19)25-15-14-24(6)23(25)21-11-8-7-10-18(21)5;1-16-10-6-7-13-18(16)21-22(2)19-14-8-9-15-20(19)23(21)17-11-4-3-5-12-17;/h2*9-19H,1-8H3;7-17H,1-6H3;3-15H,1-2H3;1H4/q4*+1;/i17D,18D,19D;;;;. The average Bonchev–Trinajstić information content (AvgIpc) is 1.43. The van der Waals surface area contributed by atoms with Crippen LogP contribution in [0.3, 0.4) is 0 Å². The predicted octanol–water partition coefficient (Wildman–Crippen LogP) is 23.9. The smallest absolute Gasteiger partial charge is 0.232 e. The van der Waals surface area contributed by atoms with Gasteiger partial charge in [0.1, 0.15) is 59.9 Å². The van der Waals surface area contributed by atoms with Crippen molar-refractivity contribution in [2.45, 2.75) is 193 Å². The lowest BCUT2D eigenvalue weighted by atomic mass is 9.87. The van der Waals surface area contributed by atoms with E-state index >= 15 is 0 Å². The second-order valence-corrected chi connectivity index (χ2v) is 30.6. The van der Waals surface area contributed by atoms with E-state index < -0.39 is 17.7 Å². The van der Waals surface area contributed by atoms with Crippen LogP contribution >= 0.6 is 0 Å². The molecular formula is C97H122N8+4. The summed E-state index contributed by atoms with van der Waals surface area (Å²) in [4.78, 5) is 0. The number of aryl methyl sites for hydroxylation is 8. The Balaban J connectivity index is 0.000000166. The summed E-state index contributed by atoms with van der Waals surface area (Å²) in [5.41, 5.74) is 26.8. The quantitative estimate of drug-likeness (QED) is 0.0865. The molecule has 0 aliphatic heterocycles. The van der Waals surface area contributed by atoms with Crippen molar-refractivity contribution < 1.29 is 22.4 Å². The van der Waals surface area contributed by atoms with E-state index in [2.05, 4.69) is 349 Å². The molecule has 8 heteroatoms. The van der Waals surface area contributed by atoms with Gasteiger partial charge in [-0.3, -0.25) is 0 Å². The third-order valence-corrected chi connectivity index (χ3v) is 20.5. The second-order valence-electron chi connectivity index (χ2n) is 30.6. The average molecular weight is 1400 g/mol. The third kappa shape index (κ3) is 16.8. The summed E-state index contributed by atoms with van der Waals surface area (Å²) in [5, 5.41) is 0. The van der Waals surface area contributed by atoms with Crippen molar-refractivity contribution in [2.75, 3.05) is 0 Å². The van der Waals surface area contributed by atoms with Gasteiger partial charge in [-0.2, -0.15) is 18.3 Å². The van der Waals surface area contributed by atoms with Crippen molar-refractivity contribution in [1.29, 1.82) is 0 Å². The number of aromatic nitrogens is 8. The van der Waals surface area contributed by atoms with E-state index in [1.807, 2.05) is 85.2 Å². The van der Waals surface area contributed by atoms with Gasteiger partial charge in [0, 0.05) is 37.5 Å². The predicted molar refractivity (Wildman–Crippen MR) is 445 cm³/mol. The van der Waals surface area contributed by atoms with Crippen molar-refractivity contribution in [1.82, 2.24) is 18.3 Å². The summed E-state index contributed by atoms with van der Waals surface area (Å²) in [5.74, 6) is 4.46. The molecule has 9 aromatic carbocycles. The molecule has 0 radical (unpaired) electrons. The Morgan fingerprint density at radius 1 is 0.305 bits per heavy atom. The SMILES string of the molecule is C.Cc1ccccc1-c1n(-c2c(C(C)C)cc(C(C)C)cc2C(C)C)cc[n+]1C.Cc1ccccc1-c1n(-c2c(C(C)C)cccc2C(C)C)cc[n+]1C.Cc1ccccc1-c1n(-c2ccccc2)c2ccccc2[n+]1C.[2H]C(C)(C)c1cc(C([2H])(C)C)c(-n2cc[n+](C)c2-c2ccccc2C)c(C([2H])(C)C)c1. The lowest BCUT2D eigenvalue weighted by molar-refractivity contribution is -0.659. The lowest BCUT2D eigenvalue weighted by Crippen LogP contribution is -2.30. The number of rotatable bonds is 16. The first-order valence-electron chi connectivity index (χ1n) is 39.0. The highest BCUT2D eigenvalue weighted by Crippen LogP contribution is 2.41. The Morgan fingerprint density at radius 2 is 0.619 bits per heavy atom. The first kappa shape index (κ1) is 74.8.